The highest BCUT2D eigenvalue weighted by Gasteiger charge is 2.41. The molecule has 0 atom stereocenters. The van der Waals surface area contributed by atoms with Crippen molar-refractivity contribution in [2.45, 2.75) is 33.1 Å². The summed E-state index contributed by atoms with van der Waals surface area (Å²) < 4.78 is 11.1. The Labute approximate surface area is 755 Å². The Morgan fingerprint density at radius 1 is 0.238 bits per heavy atom. The zero-order chi connectivity index (χ0) is 87.2. The van der Waals surface area contributed by atoms with Gasteiger partial charge in [-0.2, -0.15) is 19.9 Å². The van der Waals surface area contributed by atoms with Gasteiger partial charge in [0.2, 0.25) is 11.9 Å². The van der Waals surface area contributed by atoms with Crippen LogP contribution in [0.1, 0.15) is 36.3 Å². The Morgan fingerprint density at radius 3 is 1.02 bits per heavy atom. The van der Waals surface area contributed by atoms with Crippen LogP contribution in [0.3, 0.4) is 0 Å². The fraction of sp³-hybridized carbons (Fsp3) is 0.0424. The van der Waals surface area contributed by atoms with E-state index in [2.05, 4.69) is 360 Å². The highest BCUT2D eigenvalue weighted by Crippen LogP contribution is 2.60. The van der Waals surface area contributed by atoms with Crippen molar-refractivity contribution in [3.63, 3.8) is 0 Å². The van der Waals surface area contributed by atoms with Gasteiger partial charge in [-0.3, -0.25) is 14.5 Å². The van der Waals surface area contributed by atoms with E-state index < -0.39 is 0 Å². The molecule has 12 heteroatoms. The molecule has 0 unspecified atom stereocenters. The van der Waals surface area contributed by atoms with Crippen LogP contribution in [0, 0.1) is 13.8 Å². The lowest BCUT2D eigenvalue weighted by Crippen LogP contribution is -2.20. The summed E-state index contributed by atoms with van der Waals surface area (Å²) in [5, 5.41) is 0. The molecule has 3 aliphatic rings. The van der Waals surface area contributed by atoms with Gasteiger partial charge in [0.25, 0.3) is 0 Å². The molecule has 1 aliphatic carbocycles. The highest BCUT2D eigenvalue weighted by atomic mass is 16.3. The van der Waals surface area contributed by atoms with Gasteiger partial charge in [-0.05, 0) is 113 Å². The predicted octanol–water partition coefficient (Wildman–Crippen LogP) is 30.2. The first-order valence-electron chi connectivity index (χ1n) is 43.9. The monoisotopic (exact) mass is 1670 g/mol. The molecule has 618 valence electrons. The third-order valence-corrected chi connectivity index (χ3v) is 25.0. The largest absolute Gasteiger partial charge is 0.460 e. The number of benzene rings is 15. The van der Waals surface area contributed by atoms with E-state index in [9.17, 15) is 0 Å². The van der Waals surface area contributed by atoms with Crippen LogP contribution in [-0.2, 0) is 5.41 Å². The summed E-state index contributed by atoms with van der Waals surface area (Å²) in [5.74, 6) is 5.41. The number of pyridine rings is 1. The molecule has 0 fully saturated rings. The number of nitrogens with zero attached hydrogens (tertiary/aromatic N) is 11. The lowest BCUT2D eigenvalue weighted by molar-refractivity contribution is 0.546. The fourth-order valence-electron chi connectivity index (χ4n) is 19.0. The average Bonchev–Trinajstić information content (AvgIpc) is 1.54. The van der Waals surface area contributed by atoms with Crippen molar-refractivity contribution in [1.29, 1.82) is 0 Å². The second-order valence-corrected chi connectivity index (χ2v) is 33.0. The van der Waals surface area contributed by atoms with E-state index in [-0.39, 0.29) is 5.41 Å². The van der Waals surface area contributed by atoms with Crippen molar-refractivity contribution < 1.29 is 4.42 Å². The van der Waals surface area contributed by atoms with Crippen molar-refractivity contribution in [3.8, 4) is 169 Å². The SMILES string of the molecule is CC1(C)c2ccccc2-c2c(-c3ccccc3)c(-c3ccccc3)n(-c3nc(-c4ccccc4)nc(-c4ccccc4)n3)c2-c2ccccc21.Cc1oc2c(c1C)-c1ccccc1N(c1nc(-c3ccccc3)nc(-c3ccccc3)n1)c1ccccc1-2.c1ccc(-c2c3c(n(-c4cccnc4)c2-c2ccccc2)-c2ccccc2N(c2ccccc2)c2ccccc2-3)cc1. The van der Waals surface area contributed by atoms with Crippen molar-refractivity contribution in [2.24, 2.45) is 0 Å². The van der Waals surface area contributed by atoms with E-state index in [0.717, 1.165) is 146 Å². The molecular formula is C118H85N11O. The minimum Gasteiger partial charge on any atom is -0.460 e. The van der Waals surface area contributed by atoms with E-state index in [0.29, 0.717) is 35.2 Å². The number of aromatic nitrogens is 9. The van der Waals surface area contributed by atoms with Gasteiger partial charge in [-0.25, -0.2) is 9.97 Å². The van der Waals surface area contributed by atoms with Crippen LogP contribution in [0.4, 0.5) is 34.4 Å². The predicted molar refractivity (Wildman–Crippen MR) is 529 cm³/mol. The topological polar surface area (TPSA) is 120 Å². The quantitative estimate of drug-likeness (QED) is 0.117. The molecule has 6 aromatic heterocycles. The fourth-order valence-corrected chi connectivity index (χ4v) is 19.0. The summed E-state index contributed by atoms with van der Waals surface area (Å²) in [6, 6.07) is 150. The lowest BCUT2D eigenvalue weighted by Gasteiger charge is -2.28. The normalized spacial score (nSPS) is 12.2. The lowest BCUT2D eigenvalue weighted by atomic mass is 9.75. The Hall–Kier alpha value is -17.1. The molecule has 130 heavy (non-hydrogen) atoms. The summed E-state index contributed by atoms with van der Waals surface area (Å²) in [6.45, 7) is 8.82. The molecule has 0 saturated heterocycles. The molecular weight excluding hydrogens is 1590 g/mol. The maximum absolute atomic E-state index is 6.39. The number of rotatable bonds is 12. The average molecular weight is 1670 g/mol. The molecule has 12 nitrogen and oxygen atoms in total. The van der Waals surface area contributed by atoms with E-state index >= 15 is 0 Å². The Morgan fingerprint density at radius 2 is 0.562 bits per heavy atom. The first-order chi connectivity index (χ1) is 64.2. The summed E-state index contributed by atoms with van der Waals surface area (Å²) in [7, 11) is 0. The molecule has 8 heterocycles. The van der Waals surface area contributed by atoms with E-state index in [1.165, 1.54) is 44.5 Å². The number of fused-ring (bicyclic) bond motifs is 15. The molecule has 0 bridgehead atoms. The van der Waals surface area contributed by atoms with Gasteiger partial charge in [-0.1, -0.05) is 390 Å². The van der Waals surface area contributed by atoms with Crippen LogP contribution < -0.4 is 9.80 Å². The minimum absolute atomic E-state index is 0.276. The van der Waals surface area contributed by atoms with Gasteiger partial charge in [0, 0.05) is 95.2 Å². The van der Waals surface area contributed by atoms with E-state index in [1.807, 2.05) is 135 Å². The molecule has 15 aromatic carbocycles. The van der Waals surface area contributed by atoms with Crippen LogP contribution in [0.5, 0.6) is 0 Å². The Bertz CT molecular complexity index is 7520. The third kappa shape index (κ3) is 14.0. The zero-order valence-corrected chi connectivity index (χ0v) is 72.0. The van der Waals surface area contributed by atoms with Gasteiger partial charge >= 0.3 is 0 Å². The number of hydrogen-bond acceptors (Lipinski definition) is 10. The number of anilines is 6. The Kier molecular flexibility index (Phi) is 20.5. The highest BCUT2D eigenvalue weighted by molar-refractivity contribution is 6.12. The molecule has 0 saturated carbocycles. The minimum atomic E-state index is -0.276. The molecule has 0 spiro atoms. The second kappa shape index (κ2) is 33.8. The molecule has 24 rings (SSSR count). The molecule has 0 N–H and O–H groups in total. The van der Waals surface area contributed by atoms with Gasteiger partial charge in [0.05, 0.1) is 57.4 Å². The second-order valence-electron chi connectivity index (χ2n) is 33.0. The zero-order valence-electron chi connectivity index (χ0n) is 72.0. The third-order valence-electron chi connectivity index (χ3n) is 25.0. The number of para-hydroxylation sites is 5. The first kappa shape index (κ1) is 78.9. The van der Waals surface area contributed by atoms with Gasteiger partial charge in [0.15, 0.2) is 23.3 Å². The Balaban J connectivity index is 0.000000116. The van der Waals surface area contributed by atoms with E-state index in [1.54, 1.807) is 0 Å². The standard InChI is InChI=1S/C46H34N4.C39H27N3.C33H24N4O/c1-46(2)37-29-17-15-27-35(37)40-39(31-19-7-3-8-20-31)41(32-21-9-4-10-22-32)50(42(40)36-28-16-18-30-38(36)46)45-48-43(33-23-11-5-12-24-33)47-44(49-45)34-25-13-6-14-26-34;1-4-15-28(16-5-1)36-37-32-22-10-12-24-34(32)41(30-19-8-3-9-20-30)35-25-13-11-23-33(35)39(37)42(31-21-14-26-40-27-31)38(36)29-17-6-2-7-18-29;1-21-22(2)38-30-26-18-10-12-20-28(26)37(27-19-11-9-17-25(27)29(21)30)33-35-31(23-13-5-3-6-14-23)34-32(36-33)24-15-7-4-8-16-24/h3-30H,1-2H3;1-27H;3-20H,1-2H3. The van der Waals surface area contributed by atoms with Crippen LogP contribution in [0.15, 0.2) is 448 Å². The van der Waals surface area contributed by atoms with E-state index in [4.69, 9.17) is 34.3 Å². The number of aryl methyl sites for hydroxylation is 1. The molecule has 0 amide bonds. The summed E-state index contributed by atoms with van der Waals surface area (Å²) in [4.78, 5) is 39.9. The number of hydrogen-bond donors (Lipinski definition) is 0. The summed E-state index contributed by atoms with van der Waals surface area (Å²) in [5.41, 5.74) is 35.1. The summed E-state index contributed by atoms with van der Waals surface area (Å²) >= 11 is 0. The van der Waals surface area contributed by atoms with Crippen LogP contribution >= 0.6 is 0 Å². The van der Waals surface area contributed by atoms with Crippen molar-refractivity contribution >= 4 is 34.4 Å². The van der Waals surface area contributed by atoms with Crippen molar-refractivity contribution in [3.05, 3.63) is 466 Å². The molecule has 2 aliphatic heterocycles. The summed E-state index contributed by atoms with van der Waals surface area (Å²) in [6.07, 6.45) is 3.81. The smallest absolute Gasteiger partial charge is 0.238 e. The van der Waals surface area contributed by atoms with Crippen molar-refractivity contribution in [1.82, 2.24) is 44.0 Å². The molecule has 0 radical (unpaired) electrons. The van der Waals surface area contributed by atoms with Crippen LogP contribution in [0.2, 0.25) is 0 Å². The van der Waals surface area contributed by atoms with Gasteiger partial charge in [0.1, 0.15) is 11.5 Å². The number of furan rings is 1. The maximum atomic E-state index is 6.39. The van der Waals surface area contributed by atoms with Gasteiger partial charge < -0.3 is 13.9 Å². The van der Waals surface area contributed by atoms with Crippen LogP contribution in [0.25, 0.3) is 169 Å². The first-order valence-corrected chi connectivity index (χ1v) is 43.9. The van der Waals surface area contributed by atoms with Crippen molar-refractivity contribution in [2.75, 3.05) is 9.80 Å². The molecule has 21 aromatic rings. The van der Waals surface area contributed by atoms with Crippen LogP contribution in [-0.4, -0.2) is 44.0 Å². The maximum Gasteiger partial charge on any atom is 0.238 e. The van der Waals surface area contributed by atoms with Gasteiger partial charge in [-0.15, -0.1) is 0 Å².